The summed E-state index contributed by atoms with van der Waals surface area (Å²) in [5.41, 5.74) is 4.17. The topological polar surface area (TPSA) is 46.1 Å². The number of anilines is 1. The average molecular weight is 268 g/mol. The standard InChI is InChI=1S/C16H20N4/c1-3-15-14(11-17)13-5-4-12(10-16(13)18-15)20-8-6-19(2)7-9-20/h4-5,10,18H,3,6-9H2,1-2H3. The van der Waals surface area contributed by atoms with Gasteiger partial charge in [0, 0.05) is 48.5 Å². The molecule has 2 heterocycles. The van der Waals surface area contributed by atoms with Crippen LogP contribution in [0.5, 0.6) is 0 Å². The first-order valence-corrected chi connectivity index (χ1v) is 7.21. The van der Waals surface area contributed by atoms with E-state index in [-0.39, 0.29) is 0 Å². The van der Waals surface area contributed by atoms with Crippen LogP contribution in [-0.2, 0) is 6.42 Å². The van der Waals surface area contributed by atoms with E-state index in [4.69, 9.17) is 0 Å². The van der Waals surface area contributed by atoms with Crippen LogP contribution in [0.15, 0.2) is 18.2 Å². The van der Waals surface area contributed by atoms with Crippen molar-refractivity contribution in [1.82, 2.24) is 9.88 Å². The summed E-state index contributed by atoms with van der Waals surface area (Å²) in [6.45, 7) is 6.41. The molecule has 1 saturated heterocycles. The molecule has 0 spiro atoms. The molecule has 1 aliphatic rings. The molecule has 2 aromatic rings. The van der Waals surface area contributed by atoms with E-state index < -0.39 is 0 Å². The summed E-state index contributed by atoms with van der Waals surface area (Å²) in [7, 11) is 2.16. The molecule has 0 unspecified atom stereocenters. The largest absolute Gasteiger partial charge is 0.369 e. The molecule has 4 nitrogen and oxygen atoms in total. The summed E-state index contributed by atoms with van der Waals surface area (Å²) >= 11 is 0. The van der Waals surface area contributed by atoms with Crippen LogP contribution in [0.1, 0.15) is 18.2 Å². The van der Waals surface area contributed by atoms with Crippen LogP contribution in [-0.4, -0.2) is 43.1 Å². The summed E-state index contributed by atoms with van der Waals surface area (Å²) in [4.78, 5) is 8.16. The van der Waals surface area contributed by atoms with E-state index in [9.17, 15) is 5.26 Å². The molecule has 0 saturated carbocycles. The van der Waals surface area contributed by atoms with Gasteiger partial charge in [-0.25, -0.2) is 0 Å². The molecule has 0 radical (unpaired) electrons. The molecule has 0 atom stereocenters. The van der Waals surface area contributed by atoms with E-state index in [1.54, 1.807) is 0 Å². The van der Waals surface area contributed by atoms with Gasteiger partial charge in [-0.05, 0) is 31.7 Å². The zero-order valence-electron chi connectivity index (χ0n) is 12.1. The molecule has 3 rings (SSSR count). The highest BCUT2D eigenvalue weighted by molar-refractivity contribution is 5.89. The molecule has 1 aliphatic heterocycles. The monoisotopic (exact) mass is 268 g/mol. The maximum Gasteiger partial charge on any atom is 0.102 e. The fraction of sp³-hybridized carbons (Fsp3) is 0.438. The van der Waals surface area contributed by atoms with Gasteiger partial charge in [-0.15, -0.1) is 0 Å². The highest BCUT2D eigenvalue weighted by atomic mass is 15.2. The predicted octanol–water partition coefficient (Wildman–Crippen LogP) is 2.35. The molecule has 1 aromatic carbocycles. The molecule has 0 bridgehead atoms. The second-order valence-corrected chi connectivity index (χ2v) is 5.46. The summed E-state index contributed by atoms with van der Waals surface area (Å²) in [5, 5.41) is 10.3. The molecule has 1 aromatic heterocycles. The fourth-order valence-corrected chi connectivity index (χ4v) is 2.90. The number of nitrogens with zero attached hydrogens (tertiary/aromatic N) is 3. The second kappa shape index (κ2) is 5.18. The van der Waals surface area contributed by atoms with E-state index in [2.05, 4.69) is 53.0 Å². The maximum atomic E-state index is 9.30. The Morgan fingerprint density at radius 3 is 2.65 bits per heavy atom. The van der Waals surface area contributed by atoms with Crippen molar-refractivity contribution < 1.29 is 0 Å². The van der Waals surface area contributed by atoms with Crippen LogP contribution in [0.2, 0.25) is 0 Å². The summed E-state index contributed by atoms with van der Waals surface area (Å²) < 4.78 is 0. The van der Waals surface area contributed by atoms with Gasteiger partial charge in [-0.2, -0.15) is 5.26 Å². The Morgan fingerprint density at radius 2 is 2.00 bits per heavy atom. The third-order valence-corrected chi connectivity index (χ3v) is 4.19. The summed E-state index contributed by atoms with van der Waals surface area (Å²) in [6.07, 6.45) is 0.863. The Labute approximate surface area is 119 Å². The highest BCUT2D eigenvalue weighted by Crippen LogP contribution is 2.27. The van der Waals surface area contributed by atoms with Crippen molar-refractivity contribution in [3.05, 3.63) is 29.5 Å². The minimum atomic E-state index is 0.799. The van der Waals surface area contributed by atoms with Crippen molar-refractivity contribution in [2.75, 3.05) is 38.1 Å². The predicted molar refractivity (Wildman–Crippen MR) is 82.1 cm³/mol. The van der Waals surface area contributed by atoms with Crippen molar-refractivity contribution >= 4 is 16.6 Å². The lowest BCUT2D eigenvalue weighted by Crippen LogP contribution is -2.44. The average Bonchev–Trinajstić information content (AvgIpc) is 2.84. The van der Waals surface area contributed by atoms with E-state index in [1.165, 1.54) is 5.69 Å². The number of likely N-dealkylation sites (N-methyl/N-ethyl adjacent to an activating group) is 1. The van der Waals surface area contributed by atoms with E-state index in [1.807, 2.05) is 0 Å². The molecular weight excluding hydrogens is 248 g/mol. The zero-order valence-corrected chi connectivity index (χ0v) is 12.1. The number of aromatic nitrogens is 1. The molecule has 104 valence electrons. The summed E-state index contributed by atoms with van der Waals surface area (Å²) in [6, 6.07) is 8.73. The molecule has 1 N–H and O–H groups in total. The Balaban J connectivity index is 1.97. The van der Waals surface area contributed by atoms with E-state index in [0.29, 0.717) is 0 Å². The first kappa shape index (κ1) is 13.0. The molecule has 20 heavy (non-hydrogen) atoms. The van der Waals surface area contributed by atoms with Gasteiger partial charge in [0.25, 0.3) is 0 Å². The van der Waals surface area contributed by atoms with Crippen molar-refractivity contribution in [2.24, 2.45) is 0 Å². The van der Waals surface area contributed by atoms with Gasteiger partial charge in [0.15, 0.2) is 0 Å². The number of rotatable bonds is 2. The van der Waals surface area contributed by atoms with E-state index >= 15 is 0 Å². The smallest absolute Gasteiger partial charge is 0.102 e. The van der Waals surface area contributed by atoms with Crippen molar-refractivity contribution in [1.29, 1.82) is 5.26 Å². The highest BCUT2D eigenvalue weighted by Gasteiger charge is 2.16. The third kappa shape index (κ3) is 2.14. The van der Waals surface area contributed by atoms with E-state index in [0.717, 1.165) is 54.8 Å². The number of hydrogen-bond donors (Lipinski definition) is 1. The van der Waals surface area contributed by atoms with Gasteiger partial charge in [-0.1, -0.05) is 6.92 Å². The van der Waals surface area contributed by atoms with Gasteiger partial charge in [0.2, 0.25) is 0 Å². The van der Waals surface area contributed by atoms with Gasteiger partial charge < -0.3 is 14.8 Å². The van der Waals surface area contributed by atoms with Gasteiger partial charge >= 0.3 is 0 Å². The number of fused-ring (bicyclic) bond motifs is 1. The first-order valence-electron chi connectivity index (χ1n) is 7.21. The van der Waals surface area contributed by atoms with Gasteiger partial charge in [0.1, 0.15) is 6.07 Å². The zero-order chi connectivity index (χ0) is 14.1. The third-order valence-electron chi connectivity index (χ3n) is 4.19. The Bertz CT molecular complexity index is 657. The van der Waals surface area contributed by atoms with Gasteiger partial charge in [0.05, 0.1) is 5.56 Å². The number of H-pyrrole nitrogens is 1. The normalized spacial score (nSPS) is 16.6. The van der Waals surface area contributed by atoms with Crippen molar-refractivity contribution in [3.63, 3.8) is 0 Å². The van der Waals surface area contributed by atoms with Crippen molar-refractivity contribution in [2.45, 2.75) is 13.3 Å². The molecule has 0 aliphatic carbocycles. The minimum absolute atomic E-state index is 0.799. The van der Waals surface area contributed by atoms with Crippen LogP contribution >= 0.6 is 0 Å². The fourth-order valence-electron chi connectivity index (χ4n) is 2.90. The van der Waals surface area contributed by atoms with Crippen LogP contribution in [0, 0.1) is 11.3 Å². The lowest BCUT2D eigenvalue weighted by atomic mass is 10.1. The molecular formula is C16H20N4. The first-order chi connectivity index (χ1) is 9.72. The number of nitriles is 1. The van der Waals surface area contributed by atoms with Crippen LogP contribution in [0.25, 0.3) is 10.9 Å². The number of hydrogen-bond acceptors (Lipinski definition) is 3. The lowest BCUT2D eigenvalue weighted by Gasteiger charge is -2.34. The SMILES string of the molecule is CCc1[nH]c2cc(N3CCN(C)CC3)ccc2c1C#N. The molecule has 0 amide bonds. The number of aromatic amines is 1. The Morgan fingerprint density at radius 1 is 1.25 bits per heavy atom. The minimum Gasteiger partial charge on any atom is -0.369 e. The maximum absolute atomic E-state index is 9.30. The Kier molecular flexibility index (Phi) is 3.37. The van der Waals surface area contributed by atoms with Gasteiger partial charge in [-0.3, -0.25) is 0 Å². The Hall–Kier alpha value is -1.99. The quantitative estimate of drug-likeness (QED) is 0.909. The molecule has 1 fully saturated rings. The number of nitrogens with one attached hydrogen (secondary N) is 1. The number of benzene rings is 1. The second-order valence-electron chi connectivity index (χ2n) is 5.46. The number of piperazine rings is 1. The lowest BCUT2D eigenvalue weighted by molar-refractivity contribution is 0.313. The number of aryl methyl sites for hydroxylation is 1. The van der Waals surface area contributed by atoms with Crippen LogP contribution in [0.3, 0.4) is 0 Å². The van der Waals surface area contributed by atoms with Crippen molar-refractivity contribution in [3.8, 4) is 6.07 Å². The van der Waals surface area contributed by atoms with Crippen LogP contribution < -0.4 is 4.90 Å². The molecule has 4 heteroatoms. The van der Waals surface area contributed by atoms with Crippen LogP contribution in [0.4, 0.5) is 5.69 Å². The summed E-state index contributed by atoms with van der Waals surface area (Å²) in [5.74, 6) is 0.